The Morgan fingerprint density at radius 3 is 2.30 bits per heavy atom. The van der Waals surface area contributed by atoms with Crippen LogP contribution in [-0.4, -0.2) is 35.7 Å². The van der Waals surface area contributed by atoms with E-state index in [1.807, 2.05) is 12.1 Å². The van der Waals surface area contributed by atoms with Crippen LogP contribution < -0.4 is 19.5 Å². The van der Waals surface area contributed by atoms with E-state index in [0.717, 1.165) is 37.1 Å². The summed E-state index contributed by atoms with van der Waals surface area (Å²) >= 11 is 12.1. The molecule has 2 aromatic carbocycles. The van der Waals surface area contributed by atoms with Crippen LogP contribution in [0.5, 0.6) is 11.5 Å². The van der Waals surface area contributed by atoms with E-state index >= 15 is 0 Å². The molecule has 3 rings (SSSR count). The molecule has 2 aromatic rings. The van der Waals surface area contributed by atoms with Crippen molar-refractivity contribution in [1.82, 2.24) is 5.32 Å². The molecule has 0 bridgehead atoms. The van der Waals surface area contributed by atoms with Gasteiger partial charge in [0.2, 0.25) is 0 Å². The maximum atomic E-state index is 13.0. The van der Waals surface area contributed by atoms with Crippen LogP contribution >= 0.6 is 23.2 Å². The summed E-state index contributed by atoms with van der Waals surface area (Å²) in [5, 5.41) is 3.64. The summed E-state index contributed by atoms with van der Waals surface area (Å²) in [5.41, 5.74) is 2.58. The first-order chi connectivity index (χ1) is 12.9. The van der Waals surface area contributed by atoms with Gasteiger partial charge in [-0.05, 0) is 61.3 Å². The predicted octanol–water partition coefficient (Wildman–Crippen LogP) is 3.50. The Hall–Kier alpha value is -1.67. The number of hydrogen-bond acceptors (Lipinski definition) is 5. The molecule has 2 N–H and O–H groups in total. The molecule has 0 atom stereocenters. The highest BCUT2D eigenvalue weighted by Gasteiger charge is 2.25. The number of anilines is 1. The van der Waals surface area contributed by atoms with Crippen LogP contribution in [0, 0.1) is 0 Å². The monoisotopic (exact) mass is 430 g/mol. The molecule has 0 radical (unpaired) electrons. The van der Waals surface area contributed by atoms with Gasteiger partial charge >= 0.3 is 0 Å². The Labute approximate surface area is 168 Å². The minimum Gasteiger partial charge on any atom is -0.495 e. The average molecular weight is 431 g/mol. The van der Waals surface area contributed by atoms with Gasteiger partial charge in [-0.2, -0.15) is 0 Å². The Balaban J connectivity index is 2.05. The van der Waals surface area contributed by atoms with Crippen molar-refractivity contribution in [3.8, 4) is 11.5 Å². The lowest BCUT2D eigenvalue weighted by atomic mass is 10.0. The molecule has 27 heavy (non-hydrogen) atoms. The number of rotatable bonds is 5. The van der Waals surface area contributed by atoms with Crippen LogP contribution in [-0.2, 0) is 22.9 Å². The molecule has 1 aliphatic rings. The second kappa shape index (κ2) is 8.14. The highest BCUT2D eigenvalue weighted by Crippen LogP contribution is 2.37. The van der Waals surface area contributed by atoms with Gasteiger partial charge in [-0.15, -0.1) is 0 Å². The number of nitrogens with one attached hydrogen (secondary N) is 2. The summed E-state index contributed by atoms with van der Waals surface area (Å²) in [6.45, 7) is 1.71. The fourth-order valence-corrected chi connectivity index (χ4v) is 5.06. The molecule has 0 aliphatic carbocycles. The smallest absolute Gasteiger partial charge is 0.265 e. The van der Waals surface area contributed by atoms with Gasteiger partial charge in [0.25, 0.3) is 10.0 Å². The minimum absolute atomic E-state index is 0.0338. The van der Waals surface area contributed by atoms with Gasteiger partial charge in [0.15, 0.2) is 5.75 Å². The normalized spacial score (nSPS) is 14.2. The third-order valence-electron chi connectivity index (χ3n) is 4.38. The zero-order valence-corrected chi connectivity index (χ0v) is 17.3. The van der Waals surface area contributed by atoms with E-state index in [4.69, 9.17) is 32.7 Å². The third kappa shape index (κ3) is 4.27. The van der Waals surface area contributed by atoms with E-state index in [1.165, 1.54) is 26.4 Å². The van der Waals surface area contributed by atoms with Crippen molar-refractivity contribution in [3.63, 3.8) is 0 Å². The lowest BCUT2D eigenvalue weighted by Gasteiger charge is -2.17. The molecule has 146 valence electrons. The lowest BCUT2D eigenvalue weighted by molar-refractivity contribution is 0.403. The largest absolute Gasteiger partial charge is 0.495 e. The zero-order valence-electron chi connectivity index (χ0n) is 14.9. The first-order valence-electron chi connectivity index (χ1n) is 8.32. The molecule has 1 aliphatic heterocycles. The molecule has 0 saturated carbocycles. The molecule has 0 spiro atoms. The Kier molecular flexibility index (Phi) is 6.05. The molecule has 1 heterocycles. The van der Waals surface area contributed by atoms with Gasteiger partial charge in [0.05, 0.1) is 24.9 Å². The van der Waals surface area contributed by atoms with Crippen LogP contribution in [0.25, 0.3) is 0 Å². The molecule has 6 nitrogen and oxygen atoms in total. The SMILES string of the molecule is COc1cc2c(cc1NS(=O)(=O)c1cc(Cl)cc(Cl)c1OC)CCNCC2. The van der Waals surface area contributed by atoms with Crippen LogP contribution in [0.4, 0.5) is 5.69 Å². The van der Waals surface area contributed by atoms with Gasteiger partial charge in [-0.3, -0.25) is 4.72 Å². The van der Waals surface area contributed by atoms with E-state index in [-0.39, 0.29) is 20.7 Å². The first-order valence-corrected chi connectivity index (χ1v) is 10.6. The first kappa shape index (κ1) is 20.1. The predicted molar refractivity (Wildman–Crippen MR) is 107 cm³/mol. The van der Waals surface area contributed by atoms with Crippen molar-refractivity contribution in [1.29, 1.82) is 0 Å². The number of sulfonamides is 1. The quantitative estimate of drug-likeness (QED) is 0.758. The molecule has 0 amide bonds. The van der Waals surface area contributed by atoms with E-state index in [9.17, 15) is 8.42 Å². The number of fused-ring (bicyclic) bond motifs is 1. The summed E-state index contributed by atoms with van der Waals surface area (Å²) in [7, 11) is -1.15. The van der Waals surface area contributed by atoms with Gasteiger partial charge in [-0.25, -0.2) is 8.42 Å². The summed E-state index contributed by atoms with van der Waals surface area (Å²) in [6.07, 6.45) is 1.66. The van der Waals surface area contributed by atoms with Gasteiger partial charge in [0, 0.05) is 5.02 Å². The standard InChI is InChI=1S/C18H20Cl2N2O4S/c1-25-16-8-12-4-6-21-5-3-11(12)7-15(16)22-27(23,24)17-10-13(19)9-14(20)18(17)26-2/h7-10,21-22H,3-6H2,1-2H3. The fraction of sp³-hybridized carbons (Fsp3) is 0.333. The Morgan fingerprint density at radius 2 is 1.67 bits per heavy atom. The average Bonchev–Trinajstić information content (AvgIpc) is 2.84. The fourth-order valence-electron chi connectivity index (χ4n) is 3.09. The number of ether oxygens (including phenoxy) is 2. The minimum atomic E-state index is -4.01. The van der Waals surface area contributed by atoms with E-state index in [0.29, 0.717) is 11.4 Å². The zero-order chi connectivity index (χ0) is 19.6. The van der Waals surface area contributed by atoms with Crippen molar-refractivity contribution in [2.45, 2.75) is 17.7 Å². The number of benzene rings is 2. The number of halogens is 2. The van der Waals surface area contributed by atoms with Crippen molar-refractivity contribution < 1.29 is 17.9 Å². The third-order valence-corrected chi connectivity index (χ3v) is 6.25. The van der Waals surface area contributed by atoms with Crippen LogP contribution in [0.3, 0.4) is 0 Å². The van der Waals surface area contributed by atoms with Crippen molar-refractivity contribution in [3.05, 3.63) is 45.4 Å². The van der Waals surface area contributed by atoms with E-state index in [1.54, 1.807) is 0 Å². The molecule has 9 heteroatoms. The molecule has 0 fully saturated rings. The van der Waals surface area contributed by atoms with Crippen LogP contribution in [0.1, 0.15) is 11.1 Å². The maximum absolute atomic E-state index is 13.0. The van der Waals surface area contributed by atoms with E-state index < -0.39 is 10.0 Å². The van der Waals surface area contributed by atoms with E-state index in [2.05, 4.69) is 10.0 Å². The Morgan fingerprint density at radius 1 is 1.00 bits per heavy atom. The maximum Gasteiger partial charge on any atom is 0.265 e. The Bertz CT molecular complexity index is 964. The van der Waals surface area contributed by atoms with Gasteiger partial charge in [-0.1, -0.05) is 23.2 Å². The molecular formula is C18H20Cl2N2O4S. The topological polar surface area (TPSA) is 76.7 Å². The van der Waals surface area contributed by atoms with Gasteiger partial charge < -0.3 is 14.8 Å². The molecule has 0 unspecified atom stereocenters. The van der Waals surface area contributed by atoms with Crippen LogP contribution in [0.15, 0.2) is 29.2 Å². The molecule has 0 saturated heterocycles. The second-order valence-electron chi connectivity index (χ2n) is 6.10. The second-order valence-corrected chi connectivity index (χ2v) is 8.59. The van der Waals surface area contributed by atoms with Crippen LogP contribution in [0.2, 0.25) is 10.0 Å². The lowest BCUT2D eigenvalue weighted by Crippen LogP contribution is -2.16. The van der Waals surface area contributed by atoms with Crippen molar-refractivity contribution in [2.24, 2.45) is 0 Å². The highest BCUT2D eigenvalue weighted by atomic mass is 35.5. The molecular weight excluding hydrogens is 411 g/mol. The molecule has 0 aromatic heterocycles. The number of hydrogen-bond donors (Lipinski definition) is 2. The summed E-state index contributed by atoms with van der Waals surface area (Å²) in [4.78, 5) is -0.138. The number of methoxy groups -OCH3 is 2. The highest BCUT2D eigenvalue weighted by molar-refractivity contribution is 7.92. The van der Waals surface area contributed by atoms with Gasteiger partial charge in [0.1, 0.15) is 10.6 Å². The van der Waals surface area contributed by atoms with Crippen molar-refractivity contribution in [2.75, 3.05) is 32.0 Å². The van der Waals surface area contributed by atoms with Crippen molar-refractivity contribution >= 4 is 38.9 Å². The summed E-state index contributed by atoms with van der Waals surface area (Å²) in [5.74, 6) is 0.484. The summed E-state index contributed by atoms with van der Waals surface area (Å²) < 4.78 is 39.2. The summed E-state index contributed by atoms with van der Waals surface area (Å²) in [6, 6.07) is 6.42.